The van der Waals surface area contributed by atoms with Crippen molar-refractivity contribution in [2.24, 2.45) is 5.92 Å². The second kappa shape index (κ2) is 11.0. The van der Waals surface area contributed by atoms with Crippen LogP contribution in [0.4, 0.5) is 10.1 Å². The Bertz CT molecular complexity index is 1220. The van der Waals surface area contributed by atoms with Gasteiger partial charge in [0.25, 0.3) is 0 Å². The molecule has 0 radical (unpaired) electrons. The number of aryl methyl sites for hydroxylation is 2. The van der Waals surface area contributed by atoms with Crippen molar-refractivity contribution in [3.8, 4) is 11.4 Å². The number of fused-ring (bicyclic) bond motifs is 1. The number of carbonyl (C=O) groups is 2. The van der Waals surface area contributed by atoms with Crippen LogP contribution in [0.2, 0.25) is 0 Å². The number of amides is 2. The van der Waals surface area contributed by atoms with Crippen LogP contribution in [0.5, 0.6) is 0 Å². The van der Waals surface area contributed by atoms with Gasteiger partial charge in [0.1, 0.15) is 11.6 Å². The lowest BCUT2D eigenvalue weighted by atomic mass is 9.95. The lowest BCUT2D eigenvalue weighted by Crippen LogP contribution is -2.41. The number of rotatable bonds is 6. The molecule has 188 valence electrons. The fourth-order valence-corrected chi connectivity index (χ4v) is 5.14. The number of hydrogen-bond acceptors (Lipinski definition) is 4. The number of nitrogens with zero attached hydrogens (tertiary/aromatic N) is 4. The predicted octanol–water partition coefficient (Wildman–Crippen LogP) is 4.62. The quantitative estimate of drug-likeness (QED) is 0.548. The highest BCUT2D eigenvalue weighted by Gasteiger charge is 2.28. The number of benzene rings is 2. The summed E-state index contributed by atoms with van der Waals surface area (Å²) in [5, 5.41) is 11.5. The summed E-state index contributed by atoms with van der Waals surface area (Å²) in [6, 6.07) is 14.7. The van der Waals surface area contributed by atoms with Crippen molar-refractivity contribution in [3.63, 3.8) is 0 Å². The minimum Gasteiger partial charge on any atom is -0.343 e. The van der Waals surface area contributed by atoms with Gasteiger partial charge in [-0.25, -0.2) is 4.39 Å². The summed E-state index contributed by atoms with van der Waals surface area (Å²) in [7, 11) is 0. The molecule has 1 fully saturated rings. The number of anilines is 1. The lowest BCUT2D eigenvalue weighted by Gasteiger charge is -2.31. The van der Waals surface area contributed by atoms with E-state index < -0.39 is 5.82 Å². The molecule has 3 heterocycles. The van der Waals surface area contributed by atoms with Crippen molar-refractivity contribution in [2.75, 3.05) is 18.4 Å². The topological polar surface area (TPSA) is 80.1 Å². The highest BCUT2D eigenvalue weighted by Crippen LogP contribution is 2.28. The van der Waals surface area contributed by atoms with Crippen LogP contribution in [0.3, 0.4) is 0 Å². The molecule has 5 rings (SSSR count). The van der Waals surface area contributed by atoms with E-state index in [0.717, 1.165) is 49.2 Å². The van der Waals surface area contributed by atoms with Crippen LogP contribution in [-0.4, -0.2) is 44.6 Å². The Hall–Kier alpha value is -3.55. The summed E-state index contributed by atoms with van der Waals surface area (Å²) in [6.45, 7) is 1.93. The molecule has 0 spiro atoms. The summed E-state index contributed by atoms with van der Waals surface area (Å²) in [6.07, 6.45) is 6.53. The van der Waals surface area contributed by atoms with Crippen molar-refractivity contribution in [1.29, 1.82) is 0 Å². The van der Waals surface area contributed by atoms with Crippen LogP contribution in [0, 0.1) is 11.7 Å². The van der Waals surface area contributed by atoms with E-state index in [1.165, 1.54) is 6.07 Å². The molecule has 7 nitrogen and oxygen atoms in total. The first-order valence-electron chi connectivity index (χ1n) is 12.9. The maximum absolute atomic E-state index is 14.6. The molecule has 8 heteroatoms. The molecule has 3 aromatic rings. The summed E-state index contributed by atoms with van der Waals surface area (Å²) in [5.74, 6) is 0.852. The number of piperidine rings is 1. The van der Waals surface area contributed by atoms with Gasteiger partial charge in [-0.3, -0.25) is 9.59 Å². The van der Waals surface area contributed by atoms with Crippen LogP contribution in [0.1, 0.15) is 49.9 Å². The molecular formula is C28H32FN5O2. The van der Waals surface area contributed by atoms with Gasteiger partial charge in [0, 0.05) is 44.0 Å². The Morgan fingerprint density at radius 3 is 2.58 bits per heavy atom. The maximum Gasteiger partial charge on any atom is 0.227 e. The van der Waals surface area contributed by atoms with Gasteiger partial charge in [0.15, 0.2) is 5.82 Å². The van der Waals surface area contributed by atoms with Gasteiger partial charge in [-0.1, -0.05) is 36.8 Å². The normalized spacial score (nSPS) is 16.3. The highest BCUT2D eigenvalue weighted by molar-refractivity contribution is 5.93. The first-order chi connectivity index (χ1) is 17.6. The Balaban J connectivity index is 1.18. The number of carbonyl (C=O) groups excluding carboxylic acids is 2. The van der Waals surface area contributed by atoms with Gasteiger partial charge in [0.2, 0.25) is 11.8 Å². The molecule has 1 N–H and O–H groups in total. The molecule has 1 aromatic heterocycles. The van der Waals surface area contributed by atoms with Gasteiger partial charge in [-0.2, -0.15) is 0 Å². The molecule has 2 aliphatic heterocycles. The Morgan fingerprint density at radius 2 is 1.78 bits per heavy atom. The Labute approximate surface area is 210 Å². The molecule has 0 atom stereocenters. The third-order valence-corrected chi connectivity index (χ3v) is 7.28. The van der Waals surface area contributed by atoms with Gasteiger partial charge in [-0.15, -0.1) is 10.2 Å². The molecule has 1 saturated heterocycles. The monoisotopic (exact) mass is 489 g/mol. The summed E-state index contributed by atoms with van der Waals surface area (Å²) in [5.41, 5.74) is 2.04. The minimum atomic E-state index is -0.476. The van der Waals surface area contributed by atoms with E-state index in [2.05, 4.69) is 20.1 Å². The van der Waals surface area contributed by atoms with E-state index in [0.29, 0.717) is 44.6 Å². The summed E-state index contributed by atoms with van der Waals surface area (Å²) in [4.78, 5) is 27.4. The fraction of sp³-hybridized carbons (Fsp3) is 0.429. The molecule has 0 aliphatic carbocycles. The van der Waals surface area contributed by atoms with Crippen molar-refractivity contribution >= 4 is 17.5 Å². The van der Waals surface area contributed by atoms with Gasteiger partial charge < -0.3 is 14.8 Å². The zero-order chi connectivity index (χ0) is 24.9. The lowest BCUT2D eigenvalue weighted by molar-refractivity contribution is -0.134. The number of hydrogen-bond donors (Lipinski definition) is 1. The van der Waals surface area contributed by atoms with Gasteiger partial charge in [-0.05, 0) is 55.9 Å². The van der Waals surface area contributed by atoms with Crippen LogP contribution in [0.25, 0.3) is 11.4 Å². The molecule has 2 aliphatic rings. The van der Waals surface area contributed by atoms with Crippen molar-refractivity contribution in [2.45, 2.75) is 57.9 Å². The SMILES string of the molecule is O=C(Nc1cc(-c2nnc3n2CCCCC3)ccc1F)C1CCN(C(=O)CCc2ccccc2)CC1. The van der Waals surface area contributed by atoms with Crippen LogP contribution in [-0.2, 0) is 29.0 Å². The van der Waals surface area contributed by atoms with E-state index in [-0.39, 0.29) is 23.4 Å². The first-order valence-corrected chi connectivity index (χ1v) is 12.9. The molecular weight excluding hydrogens is 457 g/mol. The third-order valence-electron chi connectivity index (χ3n) is 7.28. The van der Waals surface area contributed by atoms with Crippen molar-refractivity contribution < 1.29 is 14.0 Å². The molecule has 36 heavy (non-hydrogen) atoms. The van der Waals surface area contributed by atoms with E-state index in [4.69, 9.17) is 0 Å². The second-order valence-corrected chi connectivity index (χ2v) is 9.73. The number of halogens is 1. The average molecular weight is 490 g/mol. The number of nitrogens with one attached hydrogen (secondary N) is 1. The molecule has 0 unspecified atom stereocenters. The van der Waals surface area contributed by atoms with Crippen LogP contribution in [0.15, 0.2) is 48.5 Å². The highest BCUT2D eigenvalue weighted by atomic mass is 19.1. The van der Waals surface area contributed by atoms with E-state index in [9.17, 15) is 14.0 Å². The average Bonchev–Trinajstić information content (AvgIpc) is 3.17. The minimum absolute atomic E-state index is 0.115. The predicted molar refractivity (Wildman–Crippen MR) is 136 cm³/mol. The zero-order valence-corrected chi connectivity index (χ0v) is 20.5. The van der Waals surface area contributed by atoms with Crippen molar-refractivity contribution in [3.05, 3.63) is 65.7 Å². The Morgan fingerprint density at radius 1 is 0.972 bits per heavy atom. The van der Waals surface area contributed by atoms with Crippen LogP contribution < -0.4 is 5.32 Å². The van der Waals surface area contributed by atoms with E-state index in [1.807, 2.05) is 35.2 Å². The van der Waals surface area contributed by atoms with Crippen LogP contribution >= 0.6 is 0 Å². The molecule has 2 amide bonds. The van der Waals surface area contributed by atoms with Gasteiger partial charge in [0.05, 0.1) is 5.69 Å². The smallest absolute Gasteiger partial charge is 0.227 e. The Kier molecular flexibility index (Phi) is 7.39. The standard InChI is InChI=1S/C28H32FN5O2/c29-23-12-11-22(27-32-31-25-9-5-2-6-16-34(25)27)19-24(23)30-28(36)21-14-17-33(18-15-21)26(35)13-10-20-7-3-1-4-8-20/h1,3-4,7-8,11-12,19,21H,2,5-6,9-10,13-18H2,(H,30,36). The molecule has 2 aromatic carbocycles. The molecule has 0 saturated carbocycles. The van der Waals surface area contributed by atoms with Crippen molar-refractivity contribution in [1.82, 2.24) is 19.7 Å². The number of likely N-dealkylation sites (tertiary alicyclic amines) is 1. The third kappa shape index (κ3) is 5.48. The number of aromatic nitrogens is 3. The molecule has 0 bridgehead atoms. The summed E-state index contributed by atoms with van der Waals surface area (Å²) < 4.78 is 16.7. The zero-order valence-electron chi connectivity index (χ0n) is 20.5. The summed E-state index contributed by atoms with van der Waals surface area (Å²) >= 11 is 0. The fourth-order valence-electron chi connectivity index (χ4n) is 5.14. The largest absolute Gasteiger partial charge is 0.343 e. The first kappa shape index (κ1) is 24.2. The van der Waals surface area contributed by atoms with E-state index in [1.54, 1.807) is 12.1 Å². The van der Waals surface area contributed by atoms with Gasteiger partial charge >= 0.3 is 0 Å². The maximum atomic E-state index is 14.6. The second-order valence-electron chi connectivity index (χ2n) is 9.73. The van der Waals surface area contributed by atoms with E-state index >= 15 is 0 Å².